The highest BCUT2D eigenvalue weighted by atomic mass is 31.0. The van der Waals surface area contributed by atoms with Crippen LogP contribution in [0.15, 0.2) is 12.2 Å². The fourth-order valence-electron chi connectivity index (χ4n) is 5.60. The molecule has 2 saturated heterocycles. The maximum atomic E-state index is 8.06. The van der Waals surface area contributed by atoms with Crippen LogP contribution < -0.4 is 0 Å². The van der Waals surface area contributed by atoms with Crippen molar-refractivity contribution in [1.82, 2.24) is 0 Å². The Morgan fingerprint density at radius 3 is 2.17 bits per heavy atom. The normalized spacial score (nSPS) is 51.1. The van der Waals surface area contributed by atoms with Crippen molar-refractivity contribution in [2.45, 2.75) is 90.1 Å². The van der Waals surface area contributed by atoms with Crippen molar-refractivity contribution in [2.75, 3.05) is 0 Å². The fraction of sp³-hybridized carbons (Fsp3) is 0.900. The summed E-state index contributed by atoms with van der Waals surface area (Å²) in [5, 5.41) is 0. The third-order valence-electron chi connectivity index (χ3n) is 7.86. The van der Waals surface area contributed by atoms with Crippen molar-refractivity contribution in [3.63, 3.8) is 0 Å². The Hall–Kier alpha value is -0.240. The summed E-state index contributed by atoms with van der Waals surface area (Å²) in [4.78, 5) is 0. The van der Waals surface area contributed by atoms with Gasteiger partial charge in [0.15, 0.2) is 0 Å². The zero-order valence-electron chi connectivity index (χ0n) is 15.9. The largest absolute Gasteiger partial charge is 0.366 e. The van der Waals surface area contributed by atoms with Gasteiger partial charge in [-0.25, -0.2) is 0 Å². The Labute approximate surface area is 149 Å². The van der Waals surface area contributed by atoms with E-state index in [2.05, 4.69) is 41.2 Å². The van der Waals surface area contributed by atoms with Crippen LogP contribution in [-0.4, -0.2) is 23.4 Å². The Morgan fingerprint density at radius 1 is 1.04 bits per heavy atom. The highest BCUT2D eigenvalue weighted by molar-refractivity contribution is 7.00. The molecule has 0 aromatic heterocycles. The van der Waals surface area contributed by atoms with Gasteiger partial charge in [-0.15, -0.1) is 0 Å². The molecule has 2 aliphatic heterocycles. The van der Waals surface area contributed by atoms with Crippen LogP contribution in [0.3, 0.4) is 0 Å². The van der Waals surface area contributed by atoms with Crippen molar-refractivity contribution >= 4 is 9.12 Å². The smallest absolute Gasteiger partial charge is 0.138 e. The molecule has 4 saturated carbocycles. The number of fused-ring (bicyclic) bond motifs is 1. The first-order chi connectivity index (χ1) is 11.2. The SMILES string of the molecule is C=C(C)C1CCC2(C)OC2C1.CC1(C)C2CC3OC3(C)C1C2.O=P. The van der Waals surface area contributed by atoms with E-state index in [-0.39, 0.29) is 5.60 Å². The van der Waals surface area contributed by atoms with Gasteiger partial charge < -0.3 is 9.47 Å². The second kappa shape index (κ2) is 5.89. The zero-order chi connectivity index (χ0) is 17.9. The van der Waals surface area contributed by atoms with Gasteiger partial charge in [-0.05, 0) is 76.0 Å². The lowest BCUT2D eigenvalue weighted by atomic mass is 9.46. The molecule has 0 N–H and O–H groups in total. The second-order valence-electron chi connectivity index (χ2n) is 9.57. The van der Waals surface area contributed by atoms with Crippen LogP contribution in [0.4, 0.5) is 0 Å². The average Bonchev–Trinajstić information content (AvgIpc) is 3.40. The molecular weight excluding hydrogens is 319 g/mol. The average molecular weight is 352 g/mol. The van der Waals surface area contributed by atoms with Crippen LogP contribution >= 0.6 is 9.12 Å². The Kier molecular flexibility index (Phi) is 4.56. The van der Waals surface area contributed by atoms with E-state index in [0.717, 1.165) is 17.8 Å². The Balaban J connectivity index is 0.000000128. The quantitative estimate of drug-likeness (QED) is 0.370. The number of hydrogen-bond acceptors (Lipinski definition) is 3. The molecule has 7 atom stereocenters. The van der Waals surface area contributed by atoms with Crippen molar-refractivity contribution in [1.29, 1.82) is 0 Å². The Morgan fingerprint density at radius 2 is 1.71 bits per heavy atom. The lowest BCUT2D eigenvalue weighted by molar-refractivity contribution is -0.0789. The van der Waals surface area contributed by atoms with Gasteiger partial charge in [0.05, 0.1) is 23.4 Å². The fourth-order valence-corrected chi connectivity index (χ4v) is 5.60. The molecule has 0 aromatic carbocycles. The van der Waals surface area contributed by atoms with Gasteiger partial charge in [-0.3, -0.25) is 4.57 Å². The van der Waals surface area contributed by atoms with Crippen molar-refractivity contribution < 1.29 is 14.0 Å². The van der Waals surface area contributed by atoms with Crippen molar-refractivity contribution in [3.05, 3.63) is 12.2 Å². The first-order valence-corrected chi connectivity index (χ1v) is 9.79. The standard InChI is InChI=1S/2C10H16O.HOP/c1-9(2)6-4-7(9)10(3)8(5-6)11-10;1-7(2)8-4-5-10(3)9(6-8)11-10;1-2/h6-8H,4-5H2,1-3H3;8-9H,1,4-6H2,2-3H3;2H. The monoisotopic (exact) mass is 352 g/mol. The van der Waals surface area contributed by atoms with Crippen LogP contribution in [-0.2, 0) is 14.0 Å². The lowest BCUT2D eigenvalue weighted by Crippen LogP contribution is -2.56. The number of epoxide rings is 2. The Bertz CT molecular complexity index is 528. The van der Waals surface area contributed by atoms with Crippen LogP contribution in [0, 0.1) is 23.2 Å². The summed E-state index contributed by atoms with van der Waals surface area (Å²) >= 11 is 0. The first kappa shape index (κ1) is 18.5. The molecule has 2 heterocycles. The van der Waals surface area contributed by atoms with Gasteiger partial charge in [0.25, 0.3) is 0 Å². The lowest BCUT2D eigenvalue weighted by Gasteiger charge is -2.57. The molecule has 0 radical (unpaired) electrons. The number of ether oxygens (including phenoxy) is 2. The summed E-state index contributed by atoms with van der Waals surface area (Å²) < 4.78 is 19.4. The summed E-state index contributed by atoms with van der Waals surface area (Å²) in [6, 6.07) is 0. The van der Waals surface area contributed by atoms with E-state index >= 15 is 0 Å². The van der Waals surface area contributed by atoms with Crippen LogP contribution in [0.25, 0.3) is 0 Å². The predicted molar refractivity (Wildman–Crippen MR) is 97.7 cm³/mol. The molecule has 3 nitrogen and oxygen atoms in total. The van der Waals surface area contributed by atoms with Crippen molar-refractivity contribution in [3.8, 4) is 0 Å². The van der Waals surface area contributed by atoms with Crippen LogP contribution in [0.2, 0.25) is 0 Å². The molecule has 6 aliphatic rings. The molecular formula is C20H33O3P. The van der Waals surface area contributed by atoms with E-state index < -0.39 is 0 Å². The van der Waals surface area contributed by atoms with Gasteiger partial charge >= 0.3 is 0 Å². The minimum Gasteiger partial charge on any atom is -0.366 e. The topological polar surface area (TPSA) is 42.1 Å². The number of hydrogen-bond donors (Lipinski definition) is 0. The van der Waals surface area contributed by atoms with Gasteiger partial charge in [0, 0.05) is 0 Å². The van der Waals surface area contributed by atoms with Crippen LogP contribution in [0.5, 0.6) is 0 Å². The minimum absolute atomic E-state index is 0.270. The number of allylic oxidation sites excluding steroid dienone is 1. The summed E-state index contributed by atoms with van der Waals surface area (Å²) in [6.45, 7) is 15.5. The minimum atomic E-state index is 0.270. The maximum Gasteiger partial charge on any atom is 0.138 e. The molecule has 7 unspecified atom stereocenters. The summed E-state index contributed by atoms with van der Waals surface area (Å²) in [7, 11) is 1.72. The van der Waals surface area contributed by atoms with Gasteiger partial charge in [-0.2, -0.15) is 0 Å². The van der Waals surface area contributed by atoms with E-state index in [4.69, 9.17) is 14.0 Å². The second-order valence-corrected chi connectivity index (χ2v) is 9.57. The molecule has 4 heteroatoms. The van der Waals surface area contributed by atoms with E-state index in [0.29, 0.717) is 23.2 Å². The third-order valence-corrected chi connectivity index (χ3v) is 7.86. The molecule has 136 valence electrons. The van der Waals surface area contributed by atoms with Crippen molar-refractivity contribution in [2.24, 2.45) is 23.2 Å². The predicted octanol–water partition coefficient (Wildman–Crippen LogP) is 5.20. The molecule has 24 heavy (non-hydrogen) atoms. The maximum absolute atomic E-state index is 8.06. The van der Waals surface area contributed by atoms with Gasteiger partial charge in [-0.1, -0.05) is 26.0 Å². The zero-order valence-corrected chi connectivity index (χ0v) is 16.9. The van der Waals surface area contributed by atoms with E-state index in [1.807, 2.05) is 0 Å². The molecule has 4 aliphatic carbocycles. The van der Waals surface area contributed by atoms with Crippen LogP contribution in [0.1, 0.15) is 66.7 Å². The first-order valence-electron chi connectivity index (χ1n) is 9.38. The molecule has 6 fully saturated rings. The van der Waals surface area contributed by atoms with E-state index in [1.54, 1.807) is 9.12 Å². The van der Waals surface area contributed by atoms with Gasteiger partial charge in [0.1, 0.15) is 9.12 Å². The third kappa shape index (κ3) is 2.81. The highest BCUT2D eigenvalue weighted by Crippen LogP contribution is 2.70. The molecule has 0 aromatic rings. The molecule has 2 bridgehead atoms. The molecule has 0 spiro atoms. The number of rotatable bonds is 1. The molecule has 0 amide bonds. The summed E-state index contributed by atoms with van der Waals surface area (Å²) in [5.74, 6) is 2.56. The van der Waals surface area contributed by atoms with E-state index in [9.17, 15) is 0 Å². The molecule has 6 rings (SSSR count). The summed E-state index contributed by atoms with van der Waals surface area (Å²) in [5.41, 5.74) is 2.49. The highest BCUT2D eigenvalue weighted by Gasteiger charge is 2.72. The van der Waals surface area contributed by atoms with E-state index in [1.165, 1.54) is 37.7 Å². The van der Waals surface area contributed by atoms with Gasteiger partial charge in [0.2, 0.25) is 0 Å². The summed E-state index contributed by atoms with van der Waals surface area (Å²) in [6.07, 6.45) is 7.68.